The lowest BCUT2D eigenvalue weighted by Gasteiger charge is -2.04. The summed E-state index contributed by atoms with van der Waals surface area (Å²) < 4.78 is 13.7. The Morgan fingerprint density at radius 1 is 1.20 bits per heavy atom. The van der Waals surface area contributed by atoms with Gasteiger partial charge in [-0.25, -0.2) is 4.39 Å². The molecule has 1 N–H and O–H groups in total. The first kappa shape index (κ1) is 13.3. The molecule has 0 atom stereocenters. The van der Waals surface area contributed by atoms with E-state index in [0.717, 1.165) is 10.9 Å². The fraction of sp³-hybridized carbons (Fsp3) is 0. The summed E-state index contributed by atoms with van der Waals surface area (Å²) in [5.41, 5.74) is 1.56. The van der Waals surface area contributed by atoms with Crippen molar-refractivity contribution < 1.29 is 9.18 Å². The number of rotatable bonds is 2. The molecule has 3 rings (SSSR count). The van der Waals surface area contributed by atoms with E-state index in [4.69, 9.17) is 11.6 Å². The molecule has 100 valence electrons. The topological polar surface area (TPSA) is 32.9 Å². The first-order chi connectivity index (χ1) is 9.58. The van der Waals surface area contributed by atoms with Gasteiger partial charge >= 0.3 is 0 Å². The Hall–Kier alpha value is -1.65. The van der Waals surface area contributed by atoms with Crippen LogP contribution in [0, 0.1) is 5.82 Å². The lowest BCUT2D eigenvalue weighted by atomic mass is 10.0. The Labute approximate surface area is 127 Å². The number of hydrogen-bond acceptors (Lipinski definition) is 1. The quantitative estimate of drug-likeness (QED) is 0.650. The Bertz CT molecular complexity index is 828. The van der Waals surface area contributed by atoms with Crippen LogP contribution in [0.2, 0.25) is 5.02 Å². The highest BCUT2D eigenvalue weighted by molar-refractivity contribution is 9.10. The fourth-order valence-electron chi connectivity index (χ4n) is 2.10. The number of halogens is 3. The molecule has 0 saturated heterocycles. The van der Waals surface area contributed by atoms with Gasteiger partial charge in [0.15, 0.2) is 5.78 Å². The Morgan fingerprint density at radius 2 is 2.00 bits per heavy atom. The first-order valence-electron chi connectivity index (χ1n) is 5.83. The predicted octanol–water partition coefficient (Wildman–Crippen LogP) is 4.95. The summed E-state index contributed by atoms with van der Waals surface area (Å²) in [6, 6.07) is 9.65. The number of carbonyl (C=O) groups excluding carboxylic acids is 1. The second-order valence-electron chi connectivity index (χ2n) is 4.32. The molecule has 0 aliphatic heterocycles. The summed E-state index contributed by atoms with van der Waals surface area (Å²) >= 11 is 9.07. The molecule has 0 aliphatic rings. The van der Waals surface area contributed by atoms with E-state index in [-0.39, 0.29) is 15.8 Å². The molecule has 0 saturated carbocycles. The van der Waals surface area contributed by atoms with Crippen molar-refractivity contribution in [3.05, 3.63) is 69.0 Å². The minimum atomic E-state index is -0.464. The van der Waals surface area contributed by atoms with Crippen LogP contribution < -0.4 is 0 Å². The maximum atomic E-state index is 13.5. The molecule has 20 heavy (non-hydrogen) atoms. The van der Waals surface area contributed by atoms with Gasteiger partial charge < -0.3 is 4.98 Å². The van der Waals surface area contributed by atoms with E-state index in [0.29, 0.717) is 10.6 Å². The minimum absolute atomic E-state index is 0.168. The van der Waals surface area contributed by atoms with E-state index in [9.17, 15) is 9.18 Å². The highest BCUT2D eigenvalue weighted by atomic mass is 79.9. The zero-order valence-electron chi connectivity index (χ0n) is 10.1. The molecule has 3 aromatic rings. The second-order valence-corrected chi connectivity index (χ2v) is 5.55. The zero-order valence-corrected chi connectivity index (χ0v) is 12.4. The molecular weight excluding hydrogens is 345 g/mol. The van der Waals surface area contributed by atoms with Crippen LogP contribution in [-0.4, -0.2) is 10.8 Å². The van der Waals surface area contributed by atoms with E-state index in [1.54, 1.807) is 30.5 Å². The van der Waals surface area contributed by atoms with Gasteiger partial charge in [0.05, 0.1) is 4.47 Å². The second kappa shape index (κ2) is 5.04. The highest BCUT2D eigenvalue weighted by Gasteiger charge is 2.18. The highest BCUT2D eigenvalue weighted by Crippen LogP contribution is 2.28. The van der Waals surface area contributed by atoms with Crippen LogP contribution in [0.3, 0.4) is 0 Å². The number of hydrogen-bond donors (Lipinski definition) is 1. The van der Waals surface area contributed by atoms with E-state index in [1.165, 1.54) is 12.1 Å². The Kier molecular flexibility index (Phi) is 3.36. The van der Waals surface area contributed by atoms with Crippen molar-refractivity contribution in [3.63, 3.8) is 0 Å². The summed E-state index contributed by atoms with van der Waals surface area (Å²) in [6.45, 7) is 0. The fourth-order valence-corrected chi connectivity index (χ4v) is 2.72. The number of H-pyrrole nitrogens is 1. The van der Waals surface area contributed by atoms with Crippen LogP contribution in [0.15, 0.2) is 47.1 Å². The smallest absolute Gasteiger partial charge is 0.196 e. The van der Waals surface area contributed by atoms with Gasteiger partial charge in [0.2, 0.25) is 0 Å². The SMILES string of the molecule is O=C(c1cccc(F)c1Br)c1c[nH]c2ccc(Cl)cc12. The largest absolute Gasteiger partial charge is 0.360 e. The molecule has 0 unspecified atom stereocenters. The number of carbonyl (C=O) groups is 1. The molecular formula is C15H8BrClFNO. The van der Waals surface area contributed by atoms with E-state index in [1.807, 2.05) is 0 Å². The first-order valence-corrected chi connectivity index (χ1v) is 7.00. The van der Waals surface area contributed by atoms with Crippen molar-refractivity contribution in [1.29, 1.82) is 0 Å². The molecule has 2 nitrogen and oxygen atoms in total. The molecule has 2 aromatic carbocycles. The molecule has 0 radical (unpaired) electrons. The number of fused-ring (bicyclic) bond motifs is 1. The average molecular weight is 353 g/mol. The average Bonchev–Trinajstić information content (AvgIpc) is 2.84. The van der Waals surface area contributed by atoms with Gasteiger partial charge in [0, 0.05) is 33.2 Å². The number of aromatic amines is 1. The maximum Gasteiger partial charge on any atom is 0.196 e. The Balaban J connectivity index is 2.18. The number of ketones is 1. The molecule has 0 amide bonds. The minimum Gasteiger partial charge on any atom is -0.360 e. The van der Waals surface area contributed by atoms with E-state index >= 15 is 0 Å². The molecule has 0 bridgehead atoms. The molecule has 0 fully saturated rings. The van der Waals surface area contributed by atoms with Gasteiger partial charge in [0.1, 0.15) is 5.82 Å². The summed E-state index contributed by atoms with van der Waals surface area (Å²) in [6.07, 6.45) is 1.61. The third-order valence-corrected chi connectivity index (χ3v) is 4.13. The van der Waals surface area contributed by atoms with Crippen LogP contribution in [0.4, 0.5) is 4.39 Å². The summed E-state index contributed by atoms with van der Waals surface area (Å²) in [5.74, 6) is -0.724. The van der Waals surface area contributed by atoms with Gasteiger partial charge in [-0.3, -0.25) is 4.79 Å². The lowest BCUT2D eigenvalue weighted by molar-refractivity contribution is 0.103. The third kappa shape index (κ3) is 2.15. The van der Waals surface area contributed by atoms with Gasteiger partial charge in [-0.05, 0) is 46.3 Å². The third-order valence-electron chi connectivity index (χ3n) is 3.08. The monoisotopic (exact) mass is 351 g/mol. The number of aromatic nitrogens is 1. The van der Waals surface area contributed by atoms with E-state index in [2.05, 4.69) is 20.9 Å². The molecule has 5 heteroatoms. The van der Waals surface area contributed by atoms with E-state index < -0.39 is 5.82 Å². The molecule has 1 aromatic heterocycles. The summed E-state index contributed by atoms with van der Waals surface area (Å²) in [5, 5.41) is 1.27. The van der Waals surface area contributed by atoms with Gasteiger partial charge in [-0.1, -0.05) is 17.7 Å². The number of nitrogens with one attached hydrogen (secondary N) is 1. The van der Waals surface area contributed by atoms with Crippen molar-refractivity contribution in [3.8, 4) is 0 Å². The van der Waals surface area contributed by atoms with Crippen LogP contribution >= 0.6 is 27.5 Å². The van der Waals surface area contributed by atoms with Crippen LogP contribution in [0.25, 0.3) is 10.9 Å². The van der Waals surface area contributed by atoms with Crippen molar-refractivity contribution in [1.82, 2.24) is 4.98 Å². The van der Waals surface area contributed by atoms with Crippen molar-refractivity contribution in [2.75, 3.05) is 0 Å². The summed E-state index contributed by atoms with van der Waals surface area (Å²) in [7, 11) is 0. The predicted molar refractivity (Wildman–Crippen MR) is 80.8 cm³/mol. The van der Waals surface area contributed by atoms with Crippen LogP contribution in [0.5, 0.6) is 0 Å². The maximum absolute atomic E-state index is 13.5. The Morgan fingerprint density at radius 3 is 2.80 bits per heavy atom. The normalized spacial score (nSPS) is 10.9. The van der Waals surface area contributed by atoms with Gasteiger partial charge in [0.25, 0.3) is 0 Å². The summed E-state index contributed by atoms with van der Waals surface area (Å²) in [4.78, 5) is 15.6. The molecule has 0 aliphatic carbocycles. The van der Waals surface area contributed by atoms with Crippen molar-refractivity contribution >= 4 is 44.2 Å². The standard InChI is InChI=1S/C15H8BrClFNO/c16-14-9(2-1-3-12(14)18)15(20)11-7-19-13-5-4-8(17)6-10(11)13/h1-7,19H. The van der Waals surface area contributed by atoms with Crippen molar-refractivity contribution in [2.45, 2.75) is 0 Å². The van der Waals surface area contributed by atoms with Crippen LogP contribution in [0.1, 0.15) is 15.9 Å². The van der Waals surface area contributed by atoms with Gasteiger partial charge in [-0.2, -0.15) is 0 Å². The number of benzene rings is 2. The lowest BCUT2D eigenvalue weighted by Crippen LogP contribution is -2.02. The van der Waals surface area contributed by atoms with Gasteiger partial charge in [-0.15, -0.1) is 0 Å². The van der Waals surface area contributed by atoms with Crippen LogP contribution in [-0.2, 0) is 0 Å². The zero-order chi connectivity index (χ0) is 14.3. The molecule has 1 heterocycles. The van der Waals surface area contributed by atoms with Crippen molar-refractivity contribution in [2.24, 2.45) is 0 Å². The molecule has 0 spiro atoms.